The molecule has 1 aliphatic rings. The first-order valence-corrected chi connectivity index (χ1v) is 6.66. The van der Waals surface area contributed by atoms with Gasteiger partial charge in [-0.3, -0.25) is 0 Å². The van der Waals surface area contributed by atoms with Gasteiger partial charge in [-0.1, -0.05) is 6.07 Å². The third-order valence-electron chi connectivity index (χ3n) is 2.33. The number of benzene rings is 1. The molecule has 0 radical (unpaired) electrons. The molecule has 7 heteroatoms. The van der Waals surface area contributed by atoms with Crippen LogP contribution < -0.4 is 19.3 Å². The SMILES string of the molecule is Cc1ccc2c(c1)O[C@@H](CNS(N)(=O)=O)CO2. The predicted octanol–water partition coefficient (Wildman–Crippen LogP) is -0.0721. The van der Waals surface area contributed by atoms with E-state index in [-0.39, 0.29) is 12.6 Å². The van der Waals surface area contributed by atoms with Crippen molar-refractivity contribution >= 4 is 10.2 Å². The summed E-state index contributed by atoms with van der Waals surface area (Å²) in [4.78, 5) is 0. The van der Waals surface area contributed by atoms with Crippen LogP contribution in [-0.2, 0) is 10.2 Å². The largest absolute Gasteiger partial charge is 0.486 e. The topological polar surface area (TPSA) is 90.6 Å². The second kappa shape index (κ2) is 4.52. The Morgan fingerprint density at radius 3 is 2.94 bits per heavy atom. The Morgan fingerprint density at radius 2 is 2.24 bits per heavy atom. The first-order chi connectivity index (χ1) is 7.94. The lowest BCUT2D eigenvalue weighted by molar-refractivity contribution is 0.0942. The fraction of sp³-hybridized carbons (Fsp3) is 0.400. The highest BCUT2D eigenvalue weighted by atomic mass is 32.2. The molecule has 2 rings (SSSR count). The van der Waals surface area contributed by atoms with Crippen LogP contribution in [0.25, 0.3) is 0 Å². The fourth-order valence-electron chi connectivity index (χ4n) is 1.53. The molecule has 0 bridgehead atoms. The first kappa shape index (κ1) is 12.2. The monoisotopic (exact) mass is 258 g/mol. The average Bonchev–Trinajstić information content (AvgIpc) is 2.24. The van der Waals surface area contributed by atoms with E-state index in [1.807, 2.05) is 25.1 Å². The molecule has 3 N–H and O–H groups in total. The molecule has 17 heavy (non-hydrogen) atoms. The molecular weight excluding hydrogens is 244 g/mol. The normalized spacial score (nSPS) is 19.1. The summed E-state index contributed by atoms with van der Waals surface area (Å²) in [6.07, 6.45) is -0.373. The van der Waals surface area contributed by atoms with Crippen LogP contribution in [0.15, 0.2) is 18.2 Å². The highest BCUT2D eigenvalue weighted by Crippen LogP contribution is 2.32. The summed E-state index contributed by atoms with van der Waals surface area (Å²) in [5.74, 6) is 1.29. The molecule has 0 aromatic heterocycles. The van der Waals surface area contributed by atoms with E-state index in [0.29, 0.717) is 18.1 Å². The lowest BCUT2D eigenvalue weighted by Crippen LogP contribution is -2.42. The van der Waals surface area contributed by atoms with Gasteiger partial charge in [-0.15, -0.1) is 0 Å². The second-order valence-corrected chi connectivity index (χ2v) is 5.27. The maximum Gasteiger partial charge on any atom is 0.274 e. The van der Waals surface area contributed by atoms with Gasteiger partial charge in [-0.2, -0.15) is 13.1 Å². The molecular formula is C10H14N2O4S. The van der Waals surface area contributed by atoms with E-state index in [1.54, 1.807) is 0 Å². The van der Waals surface area contributed by atoms with Gasteiger partial charge in [0.2, 0.25) is 0 Å². The lowest BCUT2D eigenvalue weighted by Gasteiger charge is -2.26. The summed E-state index contributed by atoms with van der Waals surface area (Å²) in [6.45, 7) is 2.32. The molecule has 0 unspecified atom stereocenters. The van der Waals surface area contributed by atoms with E-state index in [4.69, 9.17) is 14.6 Å². The van der Waals surface area contributed by atoms with Gasteiger partial charge in [0, 0.05) is 0 Å². The number of aryl methyl sites for hydroxylation is 1. The van der Waals surface area contributed by atoms with Gasteiger partial charge in [0.15, 0.2) is 11.5 Å². The van der Waals surface area contributed by atoms with Crippen molar-refractivity contribution < 1.29 is 17.9 Å². The Hall–Kier alpha value is -1.31. The summed E-state index contributed by atoms with van der Waals surface area (Å²) >= 11 is 0. The van der Waals surface area contributed by atoms with E-state index >= 15 is 0 Å². The van der Waals surface area contributed by atoms with Crippen molar-refractivity contribution in [3.8, 4) is 11.5 Å². The molecule has 1 aromatic rings. The summed E-state index contributed by atoms with van der Waals surface area (Å²) in [5, 5.41) is 4.84. The molecule has 1 heterocycles. The lowest BCUT2D eigenvalue weighted by atomic mass is 10.2. The van der Waals surface area contributed by atoms with E-state index in [2.05, 4.69) is 4.72 Å². The molecule has 0 amide bonds. The van der Waals surface area contributed by atoms with E-state index in [1.165, 1.54) is 0 Å². The number of rotatable bonds is 3. The van der Waals surface area contributed by atoms with E-state index in [9.17, 15) is 8.42 Å². The molecule has 0 saturated heterocycles. The zero-order chi connectivity index (χ0) is 12.5. The Balaban J connectivity index is 2.03. The minimum absolute atomic E-state index is 0.0895. The van der Waals surface area contributed by atoms with Gasteiger partial charge in [0.1, 0.15) is 12.7 Å². The van der Waals surface area contributed by atoms with Crippen molar-refractivity contribution in [3.63, 3.8) is 0 Å². The van der Waals surface area contributed by atoms with Crippen LogP contribution >= 0.6 is 0 Å². The fourth-order valence-corrected chi connectivity index (χ4v) is 1.95. The van der Waals surface area contributed by atoms with Gasteiger partial charge in [-0.25, -0.2) is 5.14 Å². The van der Waals surface area contributed by atoms with Crippen LogP contribution in [0.1, 0.15) is 5.56 Å². The van der Waals surface area contributed by atoms with Gasteiger partial charge < -0.3 is 9.47 Å². The quantitative estimate of drug-likeness (QED) is 0.794. The zero-order valence-corrected chi connectivity index (χ0v) is 10.2. The van der Waals surface area contributed by atoms with Crippen LogP contribution in [0, 0.1) is 6.92 Å². The number of nitrogens with two attached hydrogens (primary N) is 1. The summed E-state index contributed by atoms with van der Waals surface area (Å²) in [7, 11) is -3.69. The van der Waals surface area contributed by atoms with E-state index in [0.717, 1.165) is 5.56 Å². The Morgan fingerprint density at radius 1 is 1.47 bits per heavy atom. The van der Waals surface area contributed by atoms with Crippen molar-refractivity contribution in [2.24, 2.45) is 5.14 Å². The van der Waals surface area contributed by atoms with Crippen LogP contribution in [0.3, 0.4) is 0 Å². The predicted molar refractivity (Wildman–Crippen MR) is 62.2 cm³/mol. The van der Waals surface area contributed by atoms with Gasteiger partial charge in [-0.05, 0) is 24.6 Å². The first-order valence-electron chi connectivity index (χ1n) is 5.11. The number of ether oxygens (including phenoxy) is 2. The van der Waals surface area contributed by atoms with Crippen LogP contribution in [-0.4, -0.2) is 27.7 Å². The minimum atomic E-state index is -3.69. The maximum atomic E-state index is 10.7. The van der Waals surface area contributed by atoms with Crippen molar-refractivity contribution in [1.82, 2.24) is 4.72 Å². The van der Waals surface area contributed by atoms with E-state index < -0.39 is 10.2 Å². The van der Waals surface area contributed by atoms with Crippen molar-refractivity contribution in [2.75, 3.05) is 13.2 Å². The molecule has 0 spiro atoms. The average molecular weight is 258 g/mol. The molecule has 0 fully saturated rings. The Kier molecular flexibility index (Phi) is 3.23. The van der Waals surface area contributed by atoms with Gasteiger partial charge in [0.25, 0.3) is 10.2 Å². The number of hydrogen-bond acceptors (Lipinski definition) is 4. The number of fused-ring (bicyclic) bond motifs is 1. The Bertz CT molecular complexity index is 515. The Labute approximate surface area is 99.9 Å². The van der Waals surface area contributed by atoms with Crippen LogP contribution in [0.4, 0.5) is 0 Å². The highest BCUT2D eigenvalue weighted by Gasteiger charge is 2.21. The van der Waals surface area contributed by atoms with Crippen LogP contribution in [0.2, 0.25) is 0 Å². The van der Waals surface area contributed by atoms with Crippen LogP contribution in [0.5, 0.6) is 11.5 Å². The smallest absolute Gasteiger partial charge is 0.274 e. The molecule has 1 aliphatic heterocycles. The second-order valence-electron chi connectivity index (χ2n) is 3.89. The van der Waals surface area contributed by atoms with Crippen molar-refractivity contribution in [1.29, 1.82) is 0 Å². The standard InChI is InChI=1S/C10H14N2O4S/c1-7-2-3-9-10(4-7)16-8(6-15-9)5-12-17(11,13)14/h2-4,8,12H,5-6H2,1H3,(H2,11,13,14)/t8-/m0/s1. The summed E-state index contributed by atoms with van der Waals surface area (Å²) < 4.78 is 34.7. The third-order valence-corrected chi connectivity index (χ3v) is 2.90. The van der Waals surface area contributed by atoms with Gasteiger partial charge >= 0.3 is 0 Å². The van der Waals surface area contributed by atoms with Crippen molar-refractivity contribution in [2.45, 2.75) is 13.0 Å². The van der Waals surface area contributed by atoms with Crippen molar-refractivity contribution in [3.05, 3.63) is 23.8 Å². The molecule has 0 aliphatic carbocycles. The molecule has 0 saturated carbocycles. The summed E-state index contributed by atoms with van der Waals surface area (Å²) in [5.41, 5.74) is 1.05. The van der Waals surface area contributed by atoms with Gasteiger partial charge in [0.05, 0.1) is 6.54 Å². The summed E-state index contributed by atoms with van der Waals surface area (Å²) in [6, 6.07) is 5.59. The molecule has 94 valence electrons. The molecule has 6 nitrogen and oxygen atoms in total. The molecule has 1 atom stereocenters. The highest BCUT2D eigenvalue weighted by molar-refractivity contribution is 7.87. The zero-order valence-electron chi connectivity index (χ0n) is 9.34. The number of nitrogens with one attached hydrogen (secondary N) is 1. The third kappa shape index (κ3) is 3.32. The molecule has 1 aromatic carbocycles. The number of hydrogen-bond donors (Lipinski definition) is 2. The minimum Gasteiger partial charge on any atom is -0.486 e. The maximum absolute atomic E-state index is 10.7.